The van der Waals surface area contributed by atoms with Crippen molar-refractivity contribution in [3.63, 3.8) is 0 Å². The van der Waals surface area contributed by atoms with Gasteiger partial charge in [-0.05, 0) is 24.3 Å². The first-order valence-corrected chi connectivity index (χ1v) is 13.4. The molecule has 188 valence electrons. The van der Waals surface area contributed by atoms with Gasteiger partial charge >= 0.3 is 0 Å². The first-order chi connectivity index (χ1) is 19.8. The lowest BCUT2D eigenvalue weighted by Gasteiger charge is -2.26. The number of nitrogens with zero attached hydrogens (tertiary/aromatic N) is 3. The molecule has 3 heterocycles. The van der Waals surface area contributed by atoms with Crippen LogP contribution in [0.25, 0.3) is 56.1 Å². The van der Waals surface area contributed by atoms with Gasteiger partial charge in [-0.2, -0.15) is 0 Å². The van der Waals surface area contributed by atoms with Crippen LogP contribution in [0.4, 0.5) is 17.2 Å². The number of furan rings is 1. The van der Waals surface area contributed by atoms with Gasteiger partial charge in [-0.3, -0.25) is 4.90 Å². The zero-order valence-electron chi connectivity index (χ0n) is 21.5. The highest BCUT2D eigenvalue weighted by Gasteiger charge is 2.31. The largest absolute Gasteiger partial charge is 0.455 e. The fourth-order valence-electron chi connectivity index (χ4n) is 5.64. The molecule has 4 nitrogen and oxygen atoms in total. The van der Waals surface area contributed by atoms with Crippen molar-refractivity contribution >= 4 is 28.2 Å². The Kier molecular flexibility index (Phi) is 5.10. The molecule has 0 N–H and O–H groups in total. The van der Waals surface area contributed by atoms with Crippen LogP contribution in [0, 0.1) is 0 Å². The van der Waals surface area contributed by atoms with E-state index in [1.165, 1.54) is 0 Å². The zero-order chi connectivity index (χ0) is 26.5. The van der Waals surface area contributed by atoms with Crippen LogP contribution in [0.15, 0.2) is 144 Å². The predicted molar refractivity (Wildman–Crippen MR) is 162 cm³/mol. The fraction of sp³-hybridized carbons (Fsp3) is 0. The number of hydrogen-bond donors (Lipinski definition) is 0. The van der Waals surface area contributed by atoms with Crippen molar-refractivity contribution in [3.05, 3.63) is 140 Å². The number of aromatic nitrogens is 2. The first-order valence-electron chi connectivity index (χ1n) is 13.4. The number of anilines is 3. The molecule has 0 atom stereocenters. The maximum Gasteiger partial charge on any atom is 0.162 e. The summed E-state index contributed by atoms with van der Waals surface area (Å²) >= 11 is 0. The molecular weight excluding hydrogens is 490 g/mol. The molecule has 8 rings (SSSR count). The van der Waals surface area contributed by atoms with Crippen LogP contribution in [-0.4, -0.2) is 9.97 Å². The van der Waals surface area contributed by atoms with E-state index in [4.69, 9.17) is 14.4 Å². The zero-order valence-corrected chi connectivity index (χ0v) is 21.5. The van der Waals surface area contributed by atoms with E-state index in [1.54, 1.807) is 0 Å². The Labute approximate surface area is 231 Å². The minimum Gasteiger partial charge on any atom is -0.455 e. The molecule has 0 unspecified atom stereocenters. The van der Waals surface area contributed by atoms with Crippen LogP contribution < -0.4 is 4.90 Å². The Morgan fingerprint density at radius 2 is 1.12 bits per heavy atom. The summed E-state index contributed by atoms with van der Waals surface area (Å²) < 4.78 is 6.56. The van der Waals surface area contributed by atoms with Gasteiger partial charge < -0.3 is 4.42 Å². The summed E-state index contributed by atoms with van der Waals surface area (Å²) in [6.07, 6.45) is 0. The van der Waals surface area contributed by atoms with E-state index in [1.807, 2.05) is 48.5 Å². The second-order valence-electron chi connectivity index (χ2n) is 9.84. The lowest BCUT2D eigenvalue weighted by atomic mass is 9.98. The maximum absolute atomic E-state index is 6.56. The third-order valence-corrected chi connectivity index (χ3v) is 7.44. The average molecular weight is 514 g/mol. The average Bonchev–Trinajstić information content (AvgIpc) is 3.36. The normalized spacial score (nSPS) is 11.9. The monoisotopic (exact) mass is 513 g/mol. The molecule has 0 fully saturated rings. The van der Waals surface area contributed by atoms with Gasteiger partial charge in [-0.1, -0.05) is 109 Å². The van der Waals surface area contributed by atoms with Gasteiger partial charge in [0.05, 0.1) is 17.1 Å². The number of hydrogen-bond acceptors (Lipinski definition) is 4. The maximum atomic E-state index is 6.56. The molecule has 0 spiro atoms. The van der Waals surface area contributed by atoms with Crippen LogP contribution in [0.1, 0.15) is 0 Å². The molecule has 0 aliphatic carbocycles. The minimum absolute atomic E-state index is 0.679. The molecule has 5 aromatic carbocycles. The van der Waals surface area contributed by atoms with Crippen LogP contribution in [0.2, 0.25) is 0 Å². The number of benzene rings is 5. The van der Waals surface area contributed by atoms with Crippen LogP contribution in [0.3, 0.4) is 0 Å². The van der Waals surface area contributed by atoms with Gasteiger partial charge in [0.25, 0.3) is 0 Å². The summed E-state index contributed by atoms with van der Waals surface area (Å²) in [5.74, 6) is 2.34. The molecule has 40 heavy (non-hydrogen) atoms. The van der Waals surface area contributed by atoms with E-state index in [0.29, 0.717) is 5.82 Å². The lowest BCUT2D eigenvalue weighted by molar-refractivity contribution is 0.633. The molecule has 4 heteroatoms. The molecular formula is C36H23N3O. The number of para-hydroxylation sites is 3. The van der Waals surface area contributed by atoms with Gasteiger partial charge in [0, 0.05) is 39.3 Å². The molecule has 0 radical (unpaired) electrons. The lowest BCUT2D eigenvalue weighted by Crippen LogP contribution is -2.13. The number of rotatable bonds is 3. The van der Waals surface area contributed by atoms with Gasteiger partial charge in [-0.15, -0.1) is 0 Å². The quantitative estimate of drug-likeness (QED) is 0.236. The predicted octanol–water partition coefficient (Wildman–Crippen LogP) is 9.67. The van der Waals surface area contributed by atoms with Crippen LogP contribution in [0.5, 0.6) is 0 Å². The standard InChI is InChI=1S/C36H23N3O/c1-3-13-24(14-4-1)29-23-33(38-36(37-29)25-15-5-2-6-16-25)39-30-20-10-7-17-26(30)34-28-19-9-12-22-32(28)40-35(34)27-18-8-11-21-31(27)39/h1-23H. The molecule has 7 aromatic rings. The van der Waals surface area contributed by atoms with Crippen molar-refractivity contribution in [1.29, 1.82) is 0 Å². The van der Waals surface area contributed by atoms with Crippen molar-refractivity contribution < 1.29 is 4.42 Å². The van der Waals surface area contributed by atoms with Crippen LogP contribution in [-0.2, 0) is 0 Å². The second-order valence-corrected chi connectivity index (χ2v) is 9.84. The smallest absolute Gasteiger partial charge is 0.162 e. The van der Waals surface area contributed by atoms with E-state index in [0.717, 1.165) is 67.4 Å². The van der Waals surface area contributed by atoms with Crippen molar-refractivity contribution in [2.24, 2.45) is 0 Å². The second kappa shape index (κ2) is 9.07. The van der Waals surface area contributed by atoms with E-state index < -0.39 is 0 Å². The van der Waals surface area contributed by atoms with E-state index in [9.17, 15) is 0 Å². The summed E-state index contributed by atoms with van der Waals surface area (Å²) in [6.45, 7) is 0. The Hall–Kier alpha value is -5.48. The number of fused-ring (bicyclic) bond motifs is 7. The highest BCUT2D eigenvalue weighted by atomic mass is 16.3. The summed E-state index contributed by atoms with van der Waals surface area (Å²) in [6, 6.07) is 47.7. The molecule has 2 aromatic heterocycles. The van der Waals surface area contributed by atoms with E-state index in [2.05, 4.69) is 95.9 Å². The van der Waals surface area contributed by atoms with Gasteiger partial charge in [0.2, 0.25) is 0 Å². The molecule has 0 saturated heterocycles. The Balaban J connectivity index is 1.45. The molecule has 0 saturated carbocycles. The van der Waals surface area contributed by atoms with Crippen molar-refractivity contribution in [2.45, 2.75) is 0 Å². The first kappa shape index (κ1) is 22.5. The fourth-order valence-corrected chi connectivity index (χ4v) is 5.64. The van der Waals surface area contributed by atoms with Crippen molar-refractivity contribution in [2.75, 3.05) is 4.90 Å². The van der Waals surface area contributed by atoms with Crippen molar-refractivity contribution in [1.82, 2.24) is 9.97 Å². The van der Waals surface area contributed by atoms with Gasteiger partial charge in [0.1, 0.15) is 17.2 Å². The molecule has 0 amide bonds. The van der Waals surface area contributed by atoms with E-state index in [-0.39, 0.29) is 0 Å². The third-order valence-electron chi connectivity index (χ3n) is 7.44. The van der Waals surface area contributed by atoms with Gasteiger partial charge in [-0.25, -0.2) is 9.97 Å². The highest BCUT2D eigenvalue weighted by molar-refractivity contribution is 6.10. The Morgan fingerprint density at radius 1 is 0.525 bits per heavy atom. The topological polar surface area (TPSA) is 42.2 Å². The van der Waals surface area contributed by atoms with Crippen molar-refractivity contribution in [3.8, 4) is 45.1 Å². The summed E-state index contributed by atoms with van der Waals surface area (Å²) in [7, 11) is 0. The highest BCUT2D eigenvalue weighted by Crippen LogP contribution is 2.53. The summed E-state index contributed by atoms with van der Waals surface area (Å²) in [5, 5.41) is 1.10. The summed E-state index contributed by atoms with van der Waals surface area (Å²) in [4.78, 5) is 12.4. The van der Waals surface area contributed by atoms with E-state index >= 15 is 0 Å². The van der Waals surface area contributed by atoms with Crippen LogP contribution >= 0.6 is 0 Å². The SMILES string of the molecule is c1ccc(-c2cc(N3c4ccccc4-c4oc5ccccc5c4-c4ccccc43)nc(-c3ccccc3)n2)cc1. The Morgan fingerprint density at radius 3 is 1.90 bits per heavy atom. The molecule has 1 aliphatic heterocycles. The van der Waals surface area contributed by atoms with Gasteiger partial charge in [0.15, 0.2) is 5.82 Å². The molecule has 1 aliphatic rings. The molecule has 0 bridgehead atoms. The summed E-state index contributed by atoms with van der Waals surface area (Å²) in [5.41, 5.74) is 9.01. The Bertz CT molecular complexity index is 1950. The minimum atomic E-state index is 0.679. The third kappa shape index (κ3) is 3.54.